The van der Waals surface area contributed by atoms with Crippen molar-refractivity contribution >= 4 is 40.1 Å². The first kappa shape index (κ1) is 19.1. The minimum absolute atomic E-state index is 0.239. The first-order valence-corrected chi connectivity index (χ1v) is 9.75. The maximum Gasteiger partial charge on any atom is 0.225 e. The smallest absolute Gasteiger partial charge is 0.225 e. The number of nitrogens with zero attached hydrogens (tertiary/aromatic N) is 3. The molecular weight excluding hydrogens is 391 g/mol. The molecule has 8 heteroatoms. The number of aromatic nitrogens is 4. The molecule has 6 nitrogen and oxygen atoms in total. The Kier molecular flexibility index (Phi) is 5.57. The highest BCUT2D eigenvalue weighted by Crippen LogP contribution is 2.27. The molecule has 2 aromatic heterocycles. The summed E-state index contributed by atoms with van der Waals surface area (Å²) in [5.41, 5.74) is 2.79. The van der Waals surface area contributed by atoms with Gasteiger partial charge in [-0.1, -0.05) is 30.7 Å². The number of nitrogens with one attached hydrogen (secondary N) is 3. The lowest BCUT2D eigenvalue weighted by molar-refractivity contribution is 0.627. The van der Waals surface area contributed by atoms with Crippen LogP contribution >= 0.6 is 11.6 Å². The Balaban J connectivity index is 1.57. The predicted octanol–water partition coefficient (Wildman–Crippen LogP) is 5.11. The summed E-state index contributed by atoms with van der Waals surface area (Å²) in [5.74, 6) is 1.58. The van der Waals surface area contributed by atoms with Gasteiger partial charge in [-0.2, -0.15) is 10.1 Å². The van der Waals surface area contributed by atoms with Gasteiger partial charge in [-0.15, -0.1) is 0 Å². The van der Waals surface area contributed by atoms with Crippen LogP contribution in [0.4, 0.5) is 22.0 Å². The molecule has 0 fully saturated rings. The van der Waals surface area contributed by atoms with E-state index >= 15 is 0 Å². The second-order valence-electron chi connectivity index (χ2n) is 6.62. The van der Waals surface area contributed by atoms with Crippen LogP contribution in [0.5, 0.6) is 0 Å². The molecular formula is C21H20ClFN6. The SMILES string of the molecule is CCc1cc(Nc2nc(NCCc3ccc(F)cc3)nc3cc(Cl)ccc23)n[nH]1. The highest BCUT2D eigenvalue weighted by Gasteiger charge is 2.10. The third-order valence-corrected chi connectivity index (χ3v) is 4.76. The molecule has 0 aliphatic rings. The molecule has 0 radical (unpaired) electrons. The Morgan fingerprint density at radius 3 is 2.66 bits per heavy atom. The molecule has 0 saturated heterocycles. The van der Waals surface area contributed by atoms with Gasteiger partial charge in [0.2, 0.25) is 5.95 Å². The van der Waals surface area contributed by atoms with Crippen molar-refractivity contribution in [1.82, 2.24) is 20.2 Å². The minimum atomic E-state index is -0.239. The standard InChI is InChI=1S/C21H20ClFN6/c1-2-16-12-19(29-28-16)26-20-17-8-5-14(22)11-18(17)25-21(27-20)24-10-9-13-3-6-15(23)7-4-13/h3-8,11-12H,2,9-10H2,1H3,(H3,24,25,26,27,28,29). The van der Waals surface area contributed by atoms with E-state index in [1.165, 1.54) is 12.1 Å². The molecule has 4 aromatic rings. The first-order chi connectivity index (χ1) is 14.1. The average Bonchev–Trinajstić information content (AvgIpc) is 3.17. The fourth-order valence-electron chi connectivity index (χ4n) is 2.97. The number of rotatable bonds is 7. The van der Waals surface area contributed by atoms with Crippen LogP contribution in [0.2, 0.25) is 5.02 Å². The van der Waals surface area contributed by atoms with Crippen LogP contribution in [-0.2, 0) is 12.8 Å². The van der Waals surface area contributed by atoms with Crippen LogP contribution in [0, 0.1) is 5.82 Å². The highest BCUT2D eigenvalue weighted by molar-refractivity contribution is 6.31. The Bertz CT molecular complexity index is 1130. The van der Waals surface area contributed by atoms with E-state index in [0.717, 1.165) is 35.0 Å². The molecule has 0 atom stereocenters. The lowest BCUT2D eigenvalue weighted by atomic mass is 10.1. The van der Waals surface area contributed by atoms with Crippen molar-refractivity contribution < 1.29 is 4.39 Å². The summed E-state index contributed by atoms with van der Waals surface area (Å²) in [5, 5.41) is 15.2. The van der Waals surface area contributed by atoms with Crippen LogP contribution in [0.15, 0.2) is 48.5 Å². The van der Waals surface area contributed by atoms with E-state index in [9.17, 15) is 4.39 Å². The van der Waals surface area contributed by atoms with Gasteiger partial charge in [0.1, 0.15) is 11.6 Å². The van der Waals surface area contributed by atoms with Crippen molar-refractivity contribution in [3.8, 4) is 0 Å². The van der Waals surface area contributed by atoms with E-state index in [0.29, 0.717) is 29.2 Å². The number of benzene rings is 2. The molecule has 4 rings (SSSR count). The number of anilines is 3. The lowest BCUT2D eigenvalue weighted by Crippen LogP contribution is -2.09. The number of halogens is 2. The van der Waals surface area contributed by atoms with Crippen molar-refractivity contribution in [3.05, 3.63) is 70.6 Å². The Morgan fingerprint density at radius 1 is 1.07 bits per heavy atom. The Labute approximate surface area is 172 Å². The van der Waals surface area contributed by atoms with E-state index < -0.39 is 0 Å². The fourth-order valence-corrected chi connectivity index (χ4v) is 3.14. The summed E-state index contributed by atoms with van der Waals surface area (Å²) in [7, 11) is 0. The molecule has 0 saturated carbocycles. The third-order valence-electron chi connectivity index (χ3n) is 4.53. The van der Waals surface area contributed by atoms with Gasteiger partial charge in [0.25, 0.3) is 0 Å². The molecule has 0 spiro atoms. The lowest BCUT2D eigenvalue weighted by Gasteiger charge is -2.11. The van der Waals surface area contributed by atoms with Gasteiger partial charge < -0.3 is 10.6 Å². The molecule has 0 bridgehead atoms. The quantitative estimate of drug-likeness (QED) is 0.394. The first-order valence-electron chi connectivity index (χ1n) is 9.37. The van der Waals surface area contributed by atoms with Gasteiger partial charge in [-0.05, 0) is 48.7 Å². The molecule has 0 aliphatic carbocycles. The minimum Gasteiger partial charge on any atom is -0.354 e. The normalized spacial score (nSPS) is 11.0. The molecule has 148 valence electrons. The summed E-state index contributed by atoms with van der Waals surface area (Å²) in [6, 6.07) is 13.9. The number of aryl methyl sites for hydroxylation is 1. The van der Waals surface area contributed by atoms with Crippen molar-refractivity contribution in [2.24, 2.45) is 0 Å². The fraction of sp³-hybridized carbons (Fsp3) is 0.190. The summed E-state index contributed by atoms with van der Waals surface area (Å²) < 4.78 is 13.0. The van der Waals surface area contributed by atoms with Crippen LogP contribution in [0.3, 0.4) is 0 Å². The van der Waals surface area contributed by atoms with Crippen LogP contribution in [0.25, 0.3) is 10.9 Å². The monoisotopic (exact) mass is 410 g/mol. The summed E-state index contributed by atoms with van der Waals surface area (Å²) in [4.78, 5) is 9.19. The molecule has 2 aromatic carbocycles. The van der Waals surface area contributed by atoms with Gasteiger partial charge >= 0.3 is 0 Å². The molecule has 0 unspecified atom stereocenters. The van der Waals surface area contributed by atoms with E-state index in [2.05, 4.69) is 37.7 Å². The zero-order valence-electron chi connectivity index (χ0n) is 15.8. The van der Waals surface area contributed by atoms with Gasteiger partial charge in [-0.25, -0.2) is 9.37 Å². The number of hydrogen-bond acceptors (Lipinski definition) is 5. The average molecular weight is 411 g/mol. The molecule has 0 amide bonds. The topological polar surface area (TPSA) is 78.5 Å². The highest BCUT2D eigenvalue weighted by atomic mass is 35.5. The van der Waals surface area contributed by atoms with E-state index in [4.69, 9.17) is 11.6 Å². The molecule has 29 heavy (non-hydrogen) atoms. The van der Waals surface area contributed by atoms with Crippen LogP contribution < -0.4 is 10.6 Å². The Hall–Kier alpha value is -3.19. The maximum absolute atomic E-state index is 13.0. The van der Waals surface area contributed by atoms with E-state index in [-0.39, 0.29) is 5.82 Å². The number of fused-ring (bicyclic) bond motifs is 1. The predicted molar refractivity (Wildman–Crippen MR) is 114 cm³/mol. The van der Waals surface area contributed by atoms with Crippen molar-refractivity contribution in [1.29, 1.82) is 0 Å². The summed E-state index contributed by atoms with van der Waals surface area (Å²) >= 11 is 6.15. The number of aromatic amines is 1. The number of H-pyrrole nitrogens is 1. The van der Waals surface area contributed by atoms with Crippen LogP contribution in [0.1, 0.15) is 18.2 Å². The molecule has 0 aliphatic heterocycles. The largest absolute Gasteiger partial charge is 0.354 e. The third kappa shape index (κ3) is 4.63. The van der Waals surface area contributed by atoms with E-state index in [1.807, 2.05) is 18.2 Å². The molecule has 2 heterocycles. The zero-order valence-corrected chi connectivity index (χ0v) is 16.6. The second-order valence-corrected chi connectivity index (χ2v) is 7.05. The number of hydrogen-bond donors (Lipinski definition) is 3. The van der Waals surface area contributed by atoms with Crippen LogP contribution in [-0.4, -0.2) is 26.7 Å². The van der Waals surface area contributed by atoms with Crippen molar-refractivity contribution in [3.63, 3.8) is 0 Å². The summed E-state index contributed by atoms with van der Waals surface area (Å²) in [6.45, 7) is 2.67. The second kappa shape index (κ2) is 8.45. The van der Waals surface area contributed by atoms with Gasteiger partial charge in [0.05, 0.1) is 5.52 Å². The van der Waals surface area contributed by atoms with Gasteiger partial charge in [0, 0.05) is 28.7 Å². The Morgan fingerprint density at radius 2 is 1.90 bits per heavy atom. The summed E-state index contributed by atoms with van der Waals surface area (Å²) in [6.07, 6.45) is 1.59. The van der Waals surface area contributed by atoms with Gasteiger partial charge in [-0.3, -0.25) is 5.10 Å². The molecule has 3 N–H and O–H groups in total. The van der Waals surface area contributed by atoms with Crippen molar-refractivity contribution in [2.75, 3.05) is 17.2 Å². The van der Waals surface area contributed by atoms with Crippen molar-refractivity contribution in [2.45, 2.75) is 19.8 Å². The maximum atomic E-state index is 13.0. The van der Waals surface area contributed by atoms with Gasteiger partial charge in [0.15, 0.2) is 5.82 Å². The zero-order chi connectivity index (χ0) is 20.2. The van der Waals surface area contributed by atoms with E-state index in [1.54, 1.807) is 18.2 Å².